The monoisotopic (exact) mass is 302 g/mol. The van der Waals surface area contributed by atoms with Crippen molar-refractivity contribution in [2.75, 3.05) is 5.32 Å². The van der Waals surface area contributed by atoms with Crippen LogP contribution in [0.25, 0.3) is 0 Å². The molecular weight excluding hydrogens is 283 g/mol. The lowest BCUT2D eigenvalue weighted by Crippen LogP contribution is -2.30. The maximum atomic E-state index is 12.8. The fourth-order valence-electron chi connectivity index (χ4n) is 2.02. The Bertz CT molecular complexity index is 593. The second kappa shape index (κ2) is 7.18. The lowest BCUT2D eigenvalue weighted by molar-refractivity contribution is 0.628. The highest BCUT2D eigenvalue weighted by atomic mass is 32.1. The molecule has 2 aromatic rings. The van der Waals surface area contributed by atoms with Crippen LogP contribution in [0.15, 0.2) is 48.5 Å². The Hall–Kier alpha value is -1.94. The van der Waals surface area contributed by atoms with Crippen LogP contribution in [0.4, 0.5) is 10.1 Å². The molecule has 0 aromatic heterocycles. The number of hydrogen-bond donors (Lipinski definition) is 2. The second-order valence-electron chi connectivity index (χ2n) is 4.92. The molecule has 0 radical (unpaired) electrons. The SMILES string of the molecule is CCc1ccc([C@H](C)NC(=S)Nc2ccc(F)cc2)cc1. The zero-order valence-electron chi connectivity index (χ0n) is 12.2. The van der Waals surface area contributed by atoms with Crippen molar-refractivity contribution in [3.05, 3.63) is 65.5 Å². The molecule has 0 aliphatic rings. The van der Waals surface area contributed by atoms with Crippen LogP contribution in [0.3, 0.4) is 0 Å². The molecule has 0 heterocycles. The Morgan fingerprint density at radius 3 is 2.29 bits per heavy atom. The first kappa shape index (κ1) is 15.4. The molecule has 4 heteroatoms. The van der Waals surface area contributed by atoms with Gasteiger partial charge in [-0.2, -0.15) is 0 Å². The molecule has 2 aromatic carbocycles. The summed E-state index contributed by atoms with van der Waals surface area (Å²) in [7, 11) is 0. The first-order chi connectivity index (χ1) is 10.1. The molecule has 0 fully saturated rings. The van der Waals surface area contributed by atoms with Gasteiger partial charge in [0.15, 0.2) is 5.11 Å². The summed E-state index contributed by atoms with van der Waals surface area (Å²) in [4.78, 5) is 0. The number of halogens is 1. The van der Waals surface area contributed by atoms with E-state index in [0.29, 0.717) is 5.11 Å². The molecule has 21 heavy (non-hydrogen) atoms. The third-order valence-electron chi connectivity index (χ3n) is 3.34. The normalized spacial score (nSPS) is 11.8. The van der Waals surface area contributed by atoms with E-state index in [9.17, 15) is 4.39 Å². The van der Waals surface area contributed by atoms with Crippen LogP contribution < -0.4 is 10.6 Å². The van der Waals surface area contributed by atoms with Crippen molar-refractivity contribution in [1.82, 2.24) is 5.32 Å². The van der Waals surface area contributed by atoms with Crippen LogP contribution in [-0.2, 0) is 6.42 Å². The van der Waals surface area contributed by atoms with Gasteiger partial charge in [-0.25, -0.2) is 4.39 Å². The van der Waals surface area contributed by atoms with Crippen molar-refractivity contribution in [1.29, 1.82) is 0 Å². The number of rotatable bonds is 4. The van der Waals surface area contributed by atoms with Gasteiger partial charge < -0.3 is 10.6 Å². The molecule has 2 nitrogen and oxygen atoms in total. The summed E-state index contributed by atoms with van der Waals surface area (Å²) < 4.78 is 12.8. The van der Waals surface area contributed by atoms with Gasteiger partial charge in [0.1, 0.15) is 5.82 Å². The topological polar surface area (TPSA) is 24.1 Å². The lowest BCUT2D eigenvalue weighted by atomic mass is 10.1. The maximum Gasteiger partial charge on any atom is 0.171 e. The molecule has 0 saturated heterocycles. The van der Waals surface area contributed by atoms with Gasteiger partial charge in [0.2, 0.25) is 0 Å². The molecule has 0 spiro atoms. The summed E-state index contributed by atoms with van der Waals surface area (Å²) in [6.45, 7) is 4.19. The van der Waals surface area contributed by atoms with Crippen LogP contribution in [0.1, 0.15) is 31.0 Å². The first-order valence-corrected chi connectivity index (χ1v) is 7.41. The number of hydrogen-bond acceptors (Lipinski definition) is 1. The minimum Gasteiger partial charge on any atom is -0.356 e. The highest BCUT2D eigenvalue weighted by molar-refractivity contribution is 7.80. The predicted octanol–water partition coefficient (Wildman–Crippen LogP) is 4.44. The summed E-state index contributed by atoms with van der Waals surface area (Å²) in [6.07, 6.45) is 1.03. The summed E-state index contributed by atoms with van der Waals surface area (Å²) in [5.74, 6) is -0.260. The van der Waals surface area contributed by atoms with E-state index in [1.807, 2.05) is 0 Å². The summed E-state index contributed by atoms with van der Waals surface area (Å²) in [5.41, 5.74) is 3.26. The Labute approximate surface area is 130 Å². The minimum absolute atomic E-state index is 0.108. The highest BCUT2D eigenvalue weighted by Crippen LogP contribution is 2.14. The van der Waals surface area contributed by atoms with Crippen molar-refractivity contribution in [3.63, 3.8) is 0 Å². The fraction of sp³-hybridized carbons (Fsp3) is 0.235. The Balaban J connectivity index is 1.93. The molecule has 2 N–H and O–H groups in total. The van der Waals surface area contributed by atoms with E-state index in [2.05, 4.69) is 48.7 Å². The highest BCUT2D eigenvalue weighted by Gasteiger charge is 2.07. The first-order valence-electron chi connectivity index (χ1n) is 7.00. The largest absolute Gasteiger partial charge is 0.356 e. The molecule has 110 valence electrons. The lowest BCUT2D eigenvalue weighted by Gasteiger charge is -2.17. The van der Waals surface area contributed by atoms with Crippen molar-refractivity contribution in [3.8, 4) is 0 Å². The molecule has 0 aliphatic carbocycles. The van der Waals surface area contributed by atoms with Crippen LogP contribution in [-0.4, -0.2) is 5.11 Å². The summed E-state index contributed by atoms with van der Waals surface area (Å²) in [6, 6.07) is 14.7. The third-order valence-corrected chi connectivity index (χ3v) is 3.56. The van der Waals surface area contributed by atoms with E-state index < -0.39 is 0 Å². The molecule has 0 bridgehead atoms. The molecule has 2 rings (SSSR count). The van der Waals surface area contributed by atoms with Gasteiger partial charge in [-0.3, -0.25) is 0 Å². The molecular formula is C17H19FN2S. The van der Waals surface area contributed by atoms with Gasteiger partial charge in [0.05, 0.1) is 6.04 Å². The smallest absolute Gasteiger partial charge is 0.171 e. The zero-order valence-corrected chi connectivity index (χ0v) is 13.0. The molecule has 0 saturated carbocycles. The fourth-order valence-corrected chi connectivity index (χ4v) is 2.32. The zero-order chi connectivity index (χ0) is 15.2. The van der Waals surface area contributed by atoms with E-state index in [0.717, 1.165) is 12.1 Å². The van der Waals surface area contributed by atoms with Gasteiger partial charge in [-0.1, -0.05) is 31.2 Å². The van der Waals surface area contributed by atoms with Gasteiger partial charge in [0.25, 0.3) is 0 Å². The Kier molecular flexibility index (Phi) is 5.28. The number of aryl methyl sites for hydroxylation is 1. The van der Waals surface area contributed by atoms with E-state index in [1.165, 1.54) is 23.3 Å². The third kappa shape index (κ3) is 4.53. The van der Waals surface area contributed by atoms with E-state index in [-0.39, 0.29) is 11.9 Å². The summed E-state index contributed by atoms with van der Waals surface area (Å²) in [5, 5.41) is 6.79. The molecule has 0 unspecified atom stereocenters. The van der Waals surface area contributed by atoms with Gasteiger partial charge in [0, 0.05) is 5.69 Å². The minimum atomic E-state index is -0.260. The van der Waals surface area contributed by atoms with Crippen molar-refractivity contribution < 1.29 is 4.39 Å². The van der Waals surface area contributed by atoms with Crippen LogP contribution in [0.5, 0.6) is 0 Å². The Morgan fingerprint density at radius 1 is 1.10 bits per heavy atom. The maximum absolute atomic E-state index is 12.8. The van der Waals surface area contributed by atoms with Gasteiger partial charge in [-0.15, -0.1) is 0 Å². The van der Waals surface area contributed by atoms with Crippen LogP contribution in [0.2, 0.25) is 0 Å². The van der Waals surface area contributed by atoms with Crippen molar-refractivity contribution in [2.45, 2.75) is 26.3 Å². The van der Waals surface area contributed by atoms with E-state index in [4.69, 9.17) is 12.2 Å². The second-order valence-corrected chi connectivity index (χ2v) is 5.33. The van der Waals surface area contributed by atoms with E-state index in [1.54, 1.807) is 12.1 Å². The standard InChI is InChI=1S/C17H19FN2S/c1-3-13-4-6-14(7-5-13)12(2)19-17(21)20-16-10-8-15(18)9-11-16/h4-12H,3H2,1-2H3,(H2,19,20,21)/t12-/m0/s1. The van der Waals surface area contributed by atoms with Gasteiger partial charge in [-0.05, 0) is 61.0 Å². The number of benzene rings is 2. The number of anilines is 1. The number of nitrogens with one attached hydrogen (secondary N) is 2. The molecule has 1 atom stereocenters. The van der Waals surface area contributed by atoms with Crippen molar-refractivity contribution >= 4 is 23.0 Å². The van der Waals surface area contributed by atoms with Crippen molar-refractivity contribution in [2.24, 2.45) is 0 Å². The van der Waals surface area contributed by atoms with Gasteiger partial charge >= 0.3 is 0 Å². The van der Waals surface area contributed by atoms with E-state index >= 15 is 0 Å². The Morgan fingerprint density at radius 2 is 1.71 bits per heavy atom. The summed E-state index contributed by atoms with van der Waals surface area (Å²) >= 11 is 5.28. The van der Waals surface area contributed by atoms with Crippen LogP contribution >= 0.6 is 12.2 Å². The average molecular weight is 302 g/mol. The predicted molar refractivity (Wildman–Crippen MR) is 90.0 cm³/mol. The van der Waals surface area contributed by atoms with Crippen LogP contribution in [0, 0.1) is 5.82 Å². The molecule has 0 aliphatic heterocycles. The average Bonchev–Trinajstić information content (AvgIpc) is 2.49. The quantitative estimate of drug-likeness (QED) is 0.817. The number of thiocarbonyl (C=S) groups is 1. The molecule has 0 amide bonds.